The summed E-state index contributed by atoms with van der Waals surface area (Å²) in [4.78, 5) is 28.7. The Bertz CT molecular complexity index is 1470. The number of carbonyl (C=O) groups is 1. The summed E-state index contributed by atoms with van der Waals surface area (Å²) in [7, 11) is 0. The molecule has 1 aliphatic carbocycles. The van der Waals surface area contributed by atoms with Gasteiger partial charge < -0.3 is 15.3 Å². The summed E-state index contributed by atoms with van der Waals surface area (Å²) in [6.45, 7) is 9.89. The number of likely N-dealkylation sites (N-methyl/N-ethyl adjacent to an activating group) is 1. The number of thiophene rings is 1. The number of hydrogen-bond acceptors (Lipinski definition) is 8. The van der Waals surface area contributed by atoms with Crippen LogP contribution in [-0.4, -0.2) is 79.9 Å². The van der Waals surface area contributed by atoms with Crippen molar-refractivity contribution in [3.63, 3.8) is 0 Å². The lowest BCUT2D eigenvalue weighted by Crippen LogP contribution is -2.63. The van der Waals surface area contributed by atoms with Crippen molar-refractivity contribution in [1.29, 1.82) is 0 Å². The van der Waals surface area contributed by atoms with Crippen LogP contribution in [-0.2, 0) is 0 Å². The van der Waals surface area contributed by atoms with E-state index in [0.29, 0.717) is 48.3 Å². The standard InChI is InChI=1S/C29H35N7O2S/c1-4-34(5-2)19(3)15-30-28(37)20-13-24(32-26(14-20)35-17-29(38,18-35)21-8-9-21)22-16-31-36-11-10-23(33-27(22)36)25-7-6-12-39-25/h6-7,10-14,16,19,21,38H,4-5,8-9,15,17-18H2,1-3H3,(H,30,37)/t19-/m0/s1. The van der Waals surface area contributed by atoms with Gasteiger partial charge in [-0.1, -0.05) is 19.9 Å². The van der Waals surface area contributed by atoms with Crippen LogP contribution in [0.2, 0.25) is 0 Å². The number of anilines is 1. The second-order valence-corrected chi connectivity index (χ2v) is 11.7. The molecule has 0 spiro atoms. The summed E-state index contributed by atoms with van der Waals surface area (Å²) in [6.07, 6.45) is 5.82. The maximum absolute atomic E-state index is 13.4. The minimum atomic E-state index is -0.652. The number of nitrogens with one attached hydrogen (secondary N) is 1. The molecule has 0 bridgehead atoms. The highest BCUT2D eigenvalue weighted by atomic mass is 32.1. The molecular formula is C29H35N7O2S. The quantitative estimate of drug-likeness (QED) is 0.311. The minimum Gasteiger partial charge on any atom is -0.386 e. The summed E-state index contributed by atoms with van der Waals surface area (Å²) < 4.78 is 1.74. The molecule has 1 saturated carbocycles. The molecule has 204 valence electrons. The lowest BCUT2D eigenvalue weighted by Gasteiger charge is -2.47. The van der Waals surface area contributed by atoms with Crippen molar-refractivity contribution in [1.82, 2.24) is 29.8 Å². The Hall–Kier alpha value is -3.34. The lowest BCUT2D eigenvalue weighted by atomic mass is 9.88. The van der Waals surface area contributed by atoms with E-state index in [1.165, 1.54) is 0 Å². The topological polar surface area (TPSA) is 98.9 Å². The van der Waals surface area contributed by atoms with Crippen LogP contribution >= 0.6 is 11.3 Å². The first-order valence-electron chi connectivity index (χ1n) is 13.8. The molecule has 1 amide bonds. The fraction of sp³-hybridized carbons (Fsp3) is 0.448. The molecule has 4 aromatic rings. The third-order valence-electron chi connectivity index (χ3n) is 8.08. The zero-order chi connectivity index (χ0) is 27.1. The van der Waals surface area contributed by atoms with Gasteiger partial charge in [0.2, 0.25) is 0 Å². The molecule has 9 nitrogen and oxygen atoms in total. The molecule has 1 aliphatic heterocycles. The molecule has 39 heavy (non-hydrogen) atoms. The van der Waals surface area contributed by atoms with E-state index in [4.69, 9.17) is 9.97 Å². The molecule has 6 rings (SSSR count). The van der Waals surface area contributed by atoms with E-state index < -0.39 is 5.60 Å². The van der Waals surface area contributed by atoms with E-state index in [0.717, 1.165) is 42.1 Å². The summed E-state index contributed by atoms with van der Waals surface area (Å²) in [5.74, 6) is 0.926. The fourth-order valence-corrected chi connectivity index (χ4v) is 6.23. The summed E-state index contributed by atoms with van der Waals surface area (Å²) in [5.41, 5.74) is 2.85. The number of nitrogens with zero attached hydrogens (tertiary/aromatic N) is 6. The van der Waals surface area contributed by atoms with Crippen molar-refractivity contribution in [3.8, 4) is 21.8 Å². The summed E-state index contributed by atoms with van der Waals surface area (Å²) in [6, 6.07) is 9.90. The van der Waals surface area contributed by atoms with E-state index in [1.807, 2.05) is 41.9 Å². The number of hydrogen-bond donors (Lipinski definition) is 2. The van der Waals surface area contributed by atoms with Crippen LogP contribution in [0.3, 0.4) is 0 Å². The maximum atomic E-state index is 13.4. The number of fused-ring (bicyclic) bond motifs is 1. The van der Waals surface area contributed by atoms with Gasteiger partial charge in [-0.15, -0.1) is 11.3 Å². The molecule has 10 heteroatoms. The van der Waals surface area contributed by atoms with E-state index in [1.54, 1.807) is 22.0 Å². The number of carbonyl (C=O) groups excluding carboxylic acids is 1. The Morgan fingerprint density at radius 1 is 1.21 bits per heavy atom. The third-order valence-corrected chi connectivity index (χ3v) is 8.97. The van der Waals surface area contributed by atoms with E-state index in [2.05, 4.69) is 41.0 Å². The number of amides is 1. The molecular weight excluding hydrogens is 510 g/mol. The smallest absolute Gasteiger partial charge is 0.251 e. The van der Waals surface area contributed by atoms with Crippen LogP contribution in [0.5, 0.6) is 0 Å². The second-order valence-electron chi connectivity index (χ2n) is 10.7. The first-order valence-corrected chi connectivity index (χ1v) is 14.7. The van der Waals surface area contributed by atoms with Gasteiger partial charge >= 0.3 is 0 Å². The number of β-amino-alcohol motifs (C(OH)–C–C–N with tert-alkyl or cyclic N) is 1. The zero-order valence-electron chi connectivity index (χ0n) is 22.7. The monoisotopic (exact) mass is 545 g/mol. The van der Waals surface area contributed by atoms with Gasteiger partial charge in [0.1, 0.15) is 11.4 Å². The van der Waals surface area contributed by atoms with Crippen LogP contribution in [0.1, 0.15) is 44.0 Å². The molecule has 0 unspecified atom stereocenters. The summed E-state index contributed by atoms with van der Waals surface area (Å²) in [5, 5.41) is 20.6. The van der Waals surface area contributed by atoms with E-state index in [-0.39, 0.29) is 11.9 Å². The van der Waals surface area contributed by atoms with Gasteiger partial charge in [0.15, 0.2) is 5.65 Å². The van der Waals surface area contributed by atoms with E-state index >= 15 is 0 Å². The minimum absolute atomic E-state index is 0.138. The predicted molar refractivity (Wildman–Crippen MR) is 154 cm³/mol. The normalized spacial score (nSPS) is 17.4. The van der Waals surface area contributed by atoms with Gasteiger partial charge in [0.25, 0.3) is 5.91 Å². The van der Waals surface area contributed by atoms with Gasteiger partial charge in [-0.3, -0.25) is 9.69 Å². The molecule has 1 saturated heterocycles. The molecule has 0 aromatic carbocycles. The van der Waals surface area contributed by atoms with E-state index in [9.17, 15) is 9.90 Å². The van der Waals surface area contributed by atoms with Crippen molar-refractivity contribution < 1.29 is 9.90 Å². The zero-order valence-corrected chi connectivity index (χ0v) is 23.5. The Kier molecular flexibility index (Phi) is 6.86. The highest BCUT2D eigenvalue weighted by Gasteiger charge is 2.52. The molecule has 2 aliphatic rings. The molecule has 0 radical (unpaired) electrons. The third kappa shape index (κ3) is 5.04. The maximum Gasteiger partial charge on any atom is 0.251 e. The Balaban J connectivity index is 1.34. The first-order chi connectivity index (χ1) is 18.9. The van der Waals surface area contributed by atoms with Gasteiger partial charge in [-0.25, -0.2) is 14.5 Å². The predicted octanol–water partition coefficient (Wildman–Crippen LogP) is 3.94. The average Bonchev–Trinajstić information content (AvgIpc) is 3.48. The Labute approximate surface area is 232 Å². The SMILES string of the molecule is CCN(CC)[C@@H](C)CNC(=O)c1cc(-c2cnn3ccc(-c4cccs4)nc23)nc(N2CC(O)(C3CC3)C2)c1. The highest BCUT2D eigenvalue weighted by Crippen LogP contribution is 2.45. The van der Waals surface area contributed by atoms with Gasteiger partial charge in [-0.2, -0.15) is 5.10 Å². The number of pyridine rings is 1. The number of aliphatic hydroxyl groups is 1. The summed E-state index contributed by atoms with van der Waals surface area (Å²) >= 11 is 1.64. The average molecular weight is 546 g/mol. The van der Waals surface area contributed by atoms with Crippen LogP contribution in [0.15, 0.2) is 48.1 Å². The van der Waals surface area contributed by atoms with Crippen molar-refractivity contribution in [3.05, 3.63) is 53.7 Å². The molecule has 2 N–H and O–H groups in total. The molecule has 4 aromatic heterocycles. The fourth-order valence-electron chi connectivity index (χ4n) is 5.53. The molecule has 2 fully saturated rings. The second kappa shape index (κ2) is 10.3. The van der Waals surface area contributed by atoms with Crippen molar-refractivity contribution in [2.45, 2.75) is 45.3 Å². The van der Waals surface area contributed by atoms with Gasteiger partial charge in [-0.05, 0) is 68.4 Å². The number of aromatic nitrogens is 4. The van der Waals surface area contributed by atoms with Crippen LogP contribution in [0.4, 0.5) is 5.82 Å². The Morgan fingerprint density at radius 3 is 2.69 bits per heavy atom. The molecule has 5 heterocycles. The van der Waals surface area contributed by atoms with Crippen LogP contribution in [0, 0.1) is 5.92 Å². The van der Waals surface area contributed by atoms with Gasteiger partial charge in [0, 0.05) is 24.3 Å². The largest absolute Gasteiger partial charge is 0.386 e. The lowest BCUT2D eigenvalue weighted by molar-refractivity contribution is -0.00973. The van der Waals surface area contributed by atoms with Crippen LogP contribution in [0.25, 0.3) is 27.5 Å². The number of rotatable bonds is 10. The first kappa shape index (κ1) is 25.9. The van der Waals surface area contributed by atoms with Crippen molar-refractivity contribution >= 4 is 28.7 Å². The van der Waals surface area contributed by atoms with Gasteiger partial charge in [0.05, 0.1) is 41.1 Å². The highest BCUT2D eigenvalue weighted by molar-refractivity contribution is 7.13. The van der Waals surface area contributed by atoms with Crippen molar-refractivity contribution in [2.75, 3.05) is 37.6 Å². The Morgan fingerprint density at radius 2 is 2.00 bits per heavy atom. The van der Waals surface area contributed by atoms with Crippen LogP contribution < -0.4 is 10.2 Å². The molecule has 1 atom stereocenters. The van der Waals surface area contributed by atoms with Crippen molar-refractivity contribution in [2.24, 2.45) is 5.92 Å².